The number of halogens is 1. The molecule has 0 saturated carbocycles. The number of aromatic nitrogens is 2. The smallest absolute Gasteiger partial charge is 0.407 e. The molecule has 2 heterocycles. The van der Waals surface area contributed by atoms with Crippen LogP contribution in [0.4, 0.5) is 4.79 Å². The average Bonchev–Trinajstić information content (AvgIpc) is 2.85. The summed E-state index contributed by atoms with van der Waals surface area (Å²) in [7, 11) is 0. The number of hydrogen-bond donors (Lipinski definition) is 2. The number of benzene rings is 1. The van der Waals surface area contributed by atoms with E-state index in [2.05, 4.69) is 5.10 Å². The summed E-state index contributed by atoms with van der Waals surface area (Å²) in [6, 6.07) is 6.94. The molecule has 114 valence electrons. The van der Waals surface area contributed by atoms with Crippen LogP contribution in [-0.2, 0) is 13.1 Å². The molecular formula is C14H13ClN4O3. The second-order valence-electron chi connectivity index (χ2n) is 4.97. The summed E-state index contributed by atoms with van der Waals surface area (Å²) < 4.78 is 1.63. The van der Waals surface area contributed by atoms with Crippen LogP contribution in [0.5, 0.6) is 0 Å². The molecule has 0 radical (unpaired) electrons. The monoisotopic (exact) mass is 320 g/mol. The highest BCUT2D eigenvalue weighted by molar-refractivity contribution is 6.30. The van der Waals surface area contributed by atoms with Gasteiger partial charge in [0.25, 0.3) is 5.91 Å². The van der Waals surface area contributed by atoms with Gasteiger partial charge >= 0.3 is 6.09 Å². The van der Waals surface area contributed by atoms with Crippen LogP contribution in [0.2, 0.25) is 5.02 Å². The molecule has 0 atom stereocenters. The summed E-state index contributed by atoms with van der Waals surface area (Å²) in [5.41, 5.74) is 7.34. The van der Waals surface area contributed by atoms with Crippen molar-refractivity contribution in [2.24, 2.45) is 5.73 Å². The predicted octanol–water partition coefficient (Wildman–Crippen LogP) is 1.80. The number of carbonyl (C=O) groups excluding carboxylic acids is 1. The van der Waals surface area contributed by atoms with E-state index in [0.717, 1.165) is 0 Å². The molecule has 0 unspecified atom stereocenters. The Morgan fingerprint density at radius 1 is 1.32 bits per heavy atom. The molecule has 2 amide bonds. The first-order valence-corrected chi connectivity index (χ1v) is 6.98. The van der Waals surface area contributed by atoms with Crippen LogP contribution in [0, 0.1) is 0 Å². The quantitative estimate of drug-likeness (QED) is 0.880. The van der Waals surface area contributed by atoms with Crippen molar-refractivity contribution in [3.05, 3.63) is 40.5 Å². The fraction of sp³-hybridized carbons (Fsp3) is 0.214. The topological polar surface area (TPSA) is 101 Å². The van der Waals surface area contributed by atoms with Crippen LogP contribution in [-0.4, -0.2) is 38.3 Å². The molecule has 3 N–H and O–H groups in total. The summed E-state index contributed by atoms with van der Waals surface area (Å²) in [6.07, 6.45) is -1.04. The second kappa shape index (κ2) is 5.34. The van der Waals surface area contributed by atoms with E-state index in [1.165, 1.54) is 4.90 Å². The van der Waals surface area contributed by atoms with Crippen LogP contribution in [0.3, 0.4) is 0 Å². The Morgan fingerprint density at radius 2 is 2.09 bits per heavy atom. The Balaban J connectivity index is 2.14. The summed E-state index contributed by atoms with van der Waals surface area (Å²) in [5.74, 6) is -0.636. The minimum Gasteiger partial charge on any atom is -0.465 e. The number of carbonyl (C=O) groups is 2. The number of fused-ring (bicyclic) bond motifs is 1. The predicted molar refractivity (Wildman–Crippen MR) is 79.6 cm³/mol. The number of nitrogens with two attached hydrogens (primary N) is 1. The SMILES string of the molecule is NC(=O)c1c(-c2cccc(Cl)c2)nn2c1CN(C(=O)O)CC2. The molecule has 3 rings (SSSR count). The Kier molecular flexibility index (Phi) is 3.50. The lowest BCUT2D eigenvalue weighted by molar-refractivity contribution is 0.0993. The van der Waals surface area contributed by atoms with Gasteiger partial charge in [-0.2, -0.15) is 5.10 Å². The number of carboxylic acid groups (broad SMARTS) is 1. The largest absolute Gasteiger partial charge is 0.465 e. The van der Waals surface area contributed by atoms with Crippen molar-refractivity contribution in [1.29, 1.82) is 0 Å². The summed E-state index contributed by atoms with van der Waals surface area (Å²) in [5, 5.41) is 14.1. The molecule has 8 heteroatoms. The number of primary amides is 1. The van der Waals surface area contributed by atoms with E-state index in [1.54, 1.807) is 28.9 Å². The van der Waals surface area contributed by atoms with Crippen LogP contribution in [0.25, 0.3) is 11.3 Å². The highest BCUT2D eigenvalue weighted by Gasteiger charge is 2.29. The van der Waals surface area contributed by atoms with Crippen LogP contribution >= 0.6 is 11.6 Å². The molecule has 0 saturated heterocycles. The first-order chi connectivity index (χ1) is 10.5. The number of hydrogen-bond acceptors (Lipinski definition) is 3. The third-order valence-electron chi connectivity index (χ3n) is 3.59. The maximum absolute atomic E-state index is 11.9. The van der Waals surface area contributed by atoms with Crippen molar-refractivity contribution < 1.29 is 14.7 Å². The van der Waals surface area contributed by atoms with Gasteiger partial charge in [-0.25, -0.2) is 4.79 Å². The zero-order valence-electron chi connectivity index (χ0n) is 11.5. The lowest BCUT2D eigenvalue weighted by atomic mass is 10.0. The van der Waals surface area contributed by atoms with Crippen molar-refractivity contribution in [2.75, 3.05) is 6.54 Å². The standard InChI is InChI=1S/C14H13ClN4O3/c15-9-3-1-2-8(6-9)12-11(13(16)20)10-7-18(14(21)22)4-5-19(10)17-12/h1-3,6H,4-5,7H2,(H2,16,20)(H,21,22). The first-order valence-electron chi connectivity index (χ1n) is 6.60. The van der Waals surface area contributed by atoms with Gasteiger partial charge in [0.1, 0.15) is 5.69 Å². The molecule has 0 spiro atoms. The molecule has 1 aliphatic heterocycles. The molecule has 22 heavy (non-hydrogen) atoms. The fourth-order valence-corrected chi connectivity index (χ4v) is 2.77. The van der Waals surface area contributed by atoms with E-state index in [4.69, 9.17) is 22.4 Å². The van der Waals surface area contributed by atoms with Crippen molar-refractivity contribution in [3.8, 4) is 11.3 Å². The van der Waals surface area contributed by atoms with Crippen LogP contribution < -0.4 is 5.73 Å². The molecule has 1 aliphatic rings. The molecular weight excluding hydrogens is 308 g/mol. The maximum atomic E-state index is 11.9. The summed E-state index contributed by atoms with van der Waals surface area (Å²) in [6.45, 7) is 0.779. The van der Waals surface area contributed by atoms with Gasteiger partial charge in [0.2, 0.25) is 0 Å². The molecule has 1 aromatic heterocycles. The lowest BCUT2D eigenvalue weighted by Crippen LogP contribution is -2.38. The van der Waals surface area contributed by atoms with E-state index in [-0.39, 0.29) is 12.1 Å². The van der Waals surface area contributed by atoms with Crippen LogP contribution in [0.1, 0.15) is 16.1 Å². The summed E-state index contributed by atoms with van der Waals surface area (Å²) in [4.78, 5) is 24.2. The van der Waals surface area contributed by atoms with Crippen LogP contribution in [0.15, 0.2) is 24.3 Å². The van der Waals surface area contributed by atoms with E-state index in [0.29, 0.717) is 35.1 Å². The zero-order valence-corrected chi connectivity index (χ0v) is 12.2. The highest BCUT2D eigenvalue weighted by Crippen LogP contribution is 2.29. The van der Waals surface area contributed by atoms with Gasteiger partial charge in [0, 0.05) is 17.1 Å². The minimum absolute atomic E-state index is 0.0845. The van der Waals surface area contributed by atoms with Crippen molar-refractivity contribution in [2.45, 2.75) is 13.1 Å². The van der Waals surface area contributed by atoms with Gasteiger partial charge in [-0.3, -0.25) is 9.48 Å². The molecule has 0 aliphatic carbocycles. The molecule has 0 fully saturated rings. The molecule has 2 aromatic rings. The Morgan fingerprint density at radius 3 is 2.73 bits per heavy atom. The van der Waals surface area contributed by atoms with E-state index >= 15 is 0 Å². The Labute approximate surface area is 130 Å². The Bertz CT molecular complexity index is 771. The molecule has 7 nitrogen and oxygen atoms in total. The fourth-order valence-electron chi connectivity index (χ4n) is 2.58. The molecule has 0 bridgehead atoms. The molecule has 1 aromatic carbocycles. The van der Waals surface area contributed by atoms with Crippen molar-refractivity contribution in [3.63, 3.8) is 0 Å². The lowest BCUT2D eigenvalue weighted by Gasteiger charge is -2.25. The van der Waals surface area contributed by atoms with Gasteiger partial charge in [-0.05, 0) is 12.1 Å². The van der Waals surface area contributed by atoms with Gasteiger partial charge < -0.3 is 15.7 Å². The Hall–Kier alpha value is -2.54. The highest BCUT2D eigenvalue weighted by atomic mass is 35.5. The van der Waals surface area contributed by atoms with Crippen molar-refractivity contribution in [1.82, 2.24) is 14.7 Å². The van der Waals surface area contributed by atoms with Gasteiger partial charge in [-0.1, -0.05) is 23.7 Å². The van der Waals surface area contributed by atoms with E-state index in [9.17, 15) is 9.59 Å². The van der Waals surface area contributed by atoms with Gasteiger partial charge in [-0.15, -0.1) is 0 Å². The third-order valence-corrected chi connectivity index (χ3v) is 3.83. The first kappa shape index (κ1) is 14.4. The maximum Gasteiger partial charge on any atom is 0.407 e. The zero-order chi connectivity index (χ0) is 15.9. The van der Waals surface area contributed by atoms with Gasteiger partial charge in [0.15, 0.2) is 0 Å². The number of rotatable bonds is 2. The third kappa shape index (κ3) is 2.39. The second-order valence-corrected chi connectivity index (χ2v) is 5.41. The minimum atomic E-state index is -1.04. The average molecular weight is 321 g/mol. The van der Waals surface area contributed by atoms with E-state index in [1.807, 2.05) is 0 Å². The normalized spacial score (nSPS) is 13.8. The van der Waals surface area contributed by atoms with Crippen molar-refractivity contribution >= 4 is 23.6 Å². The van der Waals surface area contributed by atoms with E-state index < -0.39 is 12.0 Å². The van der Waals surface area contributed by atoms with Gasteiger partial charge in [0.05, 0.1) is 24.3 Å². The summed E-state index contributed by atoms with van der Waals surface area (Å²) >= 11 is 5.98. The number of amides is 2. The number of nitrogens with zero attached hydrogens (tertiary/aromatic N) is 3.